The molecule has 1 heterocycles. The first-order valence-electron chi connectivity index (χ1n) is 6.63. The molecule has 3 nitrogen and oxygen atoms in total. The number of aromatic nitrogens is 1. The van der Waals surface area contributed by atoms with Gasteiger partial charge in [0, 0.05) is 5.69 Å². The van der Waals surface area contributed by atoms with E-state index < -0.39 is 0 Å². The van der Waals surface area contributed by atoms with Crippen LogP contribution in [0.25, 0.3) is 0 Å². The number of pyridine rings is 1. The van der Waals surface area contributed by atoms with E-state index in [0.29, 0.717) is 17.0 Å². The second kappa shape index (κ2) is 5.45. The van der Waals surface area contributed by atoms with Crippen molar-refractivity contribution < 1.29 is 9.53 Å². The van der Waals surface area contributed by atoms with Crippen LogP contribution in [0.3, 0.4) is 0 Å². The quantitative estimate of drug-likeness (QED) is 0.614. The SMILES string of the molecule is Cc1ccc(C(=O)Oc2c(C)ccc(C)c2C)c(C)n1. The summed E-state index contributed by atoms with van der Waals surface area (Å²) in [5.41, 5.74) is 5.16. The third-order valence-electron chi connectivity index (χ3n) is 3.51. The molecule has 2 rings (SSSR count). The van der Waals surface area contributed by atoms with Crippen molar-refractivity contribution in [2.75, 3.05) is 0 Å². The lowest BCUT2D eigenvalue weighted by Gasteiger charge is -2.13. The van der Waals surface area contributed by atoms with Crippen molar-refractivity contribution in [2.24, 2.45) is 0 Å². The Morgan fingerprint density at radius 2 is 1.60 bits per heavy atom. The maximum atomic E-state index is 12.3. The lowest BCUT2D eigenvalue weighted by Crippen LogP contribution is -2.13. The van der Waals surface area contributed by atoms with E-state index in [2.05, 4.69) is 4.98 Å². The molecule has 0 fully saturated rings. The van der Waals surface area contributed by atoms with E-state index in [4.69, 9.17) is 4.74 Å². The van der Waals surface area contributed by atoms with E-state index in [-0.39, 0.29) is 5.97 Å². The fourth-order valence-corrected chi connectivity index (χ4v) is 2.13. The molecule has 0 atom stereocenters. The minimum atomic E-state index is -0.355. The van der Waals surface area contributed by atoms with Gasteiger partial charge in [0.15, 0.2) is 0 Å². The van der Waals surface area contributed by atoms with Crippen LogP contribution >= 0.6 is 0 Å². The van der Waals surface area contributed by atoms with E-state index >= 15 is 0 Å². The molecule has 0 aliphatic carbocycles. The fourth-order valence-electron chi connectivity index (χ4n) is 2.13. The molecule has 0 bridgehead atoms. The number of hydrogen-bond donors (Lipinski definition) is 0. The predicted octanol–water partition coefficient (Wildman–Crippen LogP) is 3.84. The van der Waals surface area contributed by atoms with E-state index in [0.717, 1.165) is 22.4 Å². The number of hydrogen-bond acceptors (Lipinski definition) is 3. The van der Waals surface area contributed by atoms with Crippen LogP contribution < -0.4 is 4.74 Å². The molecule has 1 aromatic carbocycles. The molecule has 0 saturated carbocycles. The molecule has 0 aliphatic rings. The Morgan fingerprint density at radius 3 is 2.25 bits per heavy atom. The third-order valence-corrected chi connectivity index (χ3v) is 3.51. The summed E-state index contributed by atoms with van der Waals surface area (Å²) in [5, 5.41) is 0. The first-order valence-corrected chi connectivity index (χ1v) is 6.63. The first-order chi connectivity index (χ1) is 9.40. The molecule has 3 heteroatoms. The summed E-state index contributed by atoms with van der Waals surface area (Å²) >= 11 is 0. The van der Waals surface area contributed by atoms with Gasteiger partial charge in [-0.3, -0.25) is 4.98 Å². The van der Waals surface area contributed by atoms with Gasteiger partial charge in [-0.1, -0.05) is 12.1 Å². The Bertz CT molecular complexity index is 675. The molecule has 1 aromatic heterocycles. The largest absolute Gasteiger partial charge is 0.422 e. The summed E-state index contributed by atoms with van der Waals surface area (Å²) < 4.78 is 5.58. The summed E-state index contributed by atoms with van der Waals surface area (Å²) in [6, 6.07) is 7.58. The highest BCUT2D eigenvalue weighted by Crippen LogP contribution is 2.26. The number of esters is 1. The van der Waals surface area contributed by atoms with Gasteiger partial charge in [-0.25, -0.2) is 4.79 Å². The molecule has 20 heavy (non-hydrogen) atoms. The standard InChI is InChI=1S/C17H19NO2/c1-10-6-7-11(2)16(13(10)4)20-17(19)15-9-8-12(3)18-14(15)5/h6-9H,1-5H3. The Hall–Kier alpha value is -2.16. The van der Waals surface area contributed by atoms with Gasteiger partial charge in [0.1, 0.15) is 5.75 Å². The Morgan fingerprint density at radius 1 is 0.950 bits per heavy atom. The summed E-state index contributed by atoms with van der Waals surface area (Å²) in [6.07, 6.45) is 0. The summed E-state index contributed by atoms with van der Waals surface area (Å²) in [4.78, 5) is 16.6. The Kier molecular flexibility index (Phi) is 3.89. The van der Waals surface area contributed by atoms with Crippen LogP contribution in [0.15, 0.2) is 24.3 Å². The van der Waals surface area contributed by atoms with Gasteiger partial charge >= 0.3 is 5.97 Å². The van der Waals surface area contributed by atoms with E-state index in [1.54, 1.807) is 6.07 Å². The molecule has 0 N–H and O–H groups in total. The molecule has 2 aromatic rings. The number of carbonyl (C=O) groups excluding carboxylic acids is 1. The van der Waals surface area contributed by atoms with Crippen LogP contribution in [0.2, 0.25) is 0 Å². The van der Waals surface area contributed by atoms with Crippen molar-refractivity contribution >= 4 is 5.97 Å². The van der Waals surface area contributed by atoms with Crippen molar-refractivity contribution in [3.63, 3.8) is 0 Å². The monoisotopic (exact) mass is 269 g/mol. The zero-order valence-electron chi connectivity index (χ0n) is 12.6. The molecule has 104 valence electrons. The highest BCUT2D eigenvalue weighted by molar-refractivity contribution is 5.92. The van der Waals surface area contributed by atoms with E-state index in [1.807, 2.05) is 52.8 Å². The van der Waals surface area contributed by atoms with Crippen molar-refractivity contribution in [1.29, 1.82) is 0 Å². The van der Waals surface area contributed by atoms with Gasteiger partial charge in [-0.15, -0.1) is 0 Å². The highest BCUT2D eigenvalue weighted by atomic mass is 16.5. The Labute approximate surface area is 119 Å². The van der Waals surface area contributed by atoms with Crippen molar-refractivity contribution in [3.8, 4) is 5.75 Å². The molecular formula is C17H19NO2. The van der Waals surface area contributed by atoms with Gasteiger partial charge in [0.25, 0.3) is 0 Å². The van der Waals surface area contributed by atoms with Gasteiger partial charge in [-0.2, -0.15) is 0 Å². The van der Waals surface area contributed by atoms with Crippen molar-refractivity contribution in [1.82, 2.24) is 4.98 Å². The lowest BCUT2D eigenvalue weighted by molar-refractivity contribution is 0.0731. The van der Waals surface area contributed by atoms with Crippen LogP contribution in [0.5, 0.6) is 5.75 Å². The second-order valence-electron chi connectivity index (χ2n) is 5.13. The molecule has 0 spiro atoms. The van der Waals surface area contributed by atoms with Crippen LogP contribution in [0.1, 0.15) is 38.4 Å². The first kappa shape index (κ1) is 14.3. The maximum absolute atomic E-state index is 12.3. The zero-order valence-corrected chi connectivity index (χ0v) is 12.6. The van der Waals surface area contributed by atoms with Gasteiger partial charge in [0.05, 0.1) is 11.3 Å². The van der Waals surface area contributed by atoms with Crippen LogP contribution in [-0.2, 0) is 0 Å². The second-order valence-corrected chi connectivity index (χ2v) is 5.13. The summed E-state index contributed by atoms with van der Waals surface area (Å²) in [6.45, 7) is 9.63. The van der Waals surface area contributed by atoms with Crippen molar-refractivity contribution in [2.45, 2.75) is 34.6 Å². The number of carbonyl (C=O) groups is 1. The number of benzene rings is 1. The minimum Gasteiger partial charge on any atom is -0.422 e. The van der Waals surface area contributed by atoms with Crippen LogP contribution in [0, 0.1) is 34.6 Å². The minimum absolute atomic E-state index is 0.355. The van der Waals surface area contributed by atoms with Crippen LogP contribution in [-0.4, -0.2) is 11.0 Å². The fraction of sp³-hybridized carbons (Fsp3) is 0.294. The number of nitrogens with zero attached hydrogens (tertiary/aromatic N) is 1. The average Bonchev–Trinajstić information content (AvgIpc) is 2.39. The maximum Gasteiger partial charge on any atom is 0.345 e. The molecular weight excluding hydrogens is 250 g/mol. The van der Waals surface area contributed by atoms with Gasteiger partial charge in [0.2, 0.25) is 0 Å². The van der Waals surface area contributed by atoms with E-state index in [9.17, 15) is 4.79 Å². The highest BCUT2D eigenvalue weighted by Gasteiger charge is 2.16. The number of aryl methyl sites for hydroxylation is 4. The van der Waals surface area contributed by atoms with Crippen LogP contribution in [0.4, 0.5) is 0 Å². The molecule has 0 aliphatic heterocycles. The third kappa shape index (κ3) is 2.72. The van der Waals surface area contributed by atoms with E-state index in [1.165, 1.54) is 0 Å². The molecule has 0 saturated heterocycles. The normalized spacial score (nSPS) is 10.4. The Balaban J connectivity index is 2.35. The predicted molar refractivity (Wildman–Crippen MR) is 79.3 cm³/mol. The van der Waals surface area contributed by atoms with Gasteiger partial charge < -0.3 is 4.74 Å². The summed E-state index contributed by atoms with van der Waals surface area (Å²) in [7, 11) is 0. The molecule has 0 radical (unpaired) electrons. The van der Waals surface area contributed by atoms with Gasteiger partial charge in [-0.05, 0) is 63.4 Å². The molecule has 0 amide bonds. The topological polar surface area (TPSA) is 39.2 Å². The van der Waals surface area contributed by atoms with Crippen molar-refractivity contribution in [3.05, 3.63) is 57.9 Å². The zero-order chi connectivity index (χ0) is 14.9. The smallest absolute Gasteiger partial charge is 0.345 e. The summed E-state index contributed by atoms with van der Waals surface area (Å²) in [5.74, 6) is 0.293. The number of rotatable bonds is 2. The average molecular weight is 269 g/mol. The lowest BCUT2D eigenvalue weighted by atomic mass is 10.1. The number of ether oxygens (including phenoxy) is 1. The molecule has 0 unspecified atom stereocenters.